The van der Waals surface area contributed by atoms with Gasteiger partial charge >= 0.3 is 0 Å². The summed E-state index contributed by atoms with van der Waals surface area (Å²) in [5.74, 6) is 0. The maximum atomic E-state index is 3.12. The molecule has 0 fully saturated rings. The Kier molecular flexibility index (Phi) is 3.46. The summed E-state index contributed by atoms with van der Waals surface area (Å²) < 4.78 is 0. The summed E-state index contributed by atoms with van der Waals surface area (Å²) in [6.45, 7) is 0. The summed E-state index contributed by atoms with van der Waals surface area (Å²) in [5.41, 5.74) is 6.97. The molecule has 4 aromatic carbocycles. The SMILES string of the molecule is [c]1ccc(N2c3ccccc3N(c3ccccc3)c3ccccc32)cc1. The topological polar surface area (TPSA) is 6.48 Å². The maximum Gasteiger partial charge on any atom is 0.0703 e. The molecule has 0 saturated heterocycles. The molecular weight excluding hydrogens is 316 g/mol. The molecule has 26 heavy (non-hydrogen) atoms. The smallest absolute Gasteiger partial charge is 0.0703 e. The number of benzene rings is 4. The molecule has 0 aliphatic carbocycles. The van der Waals surface area contributed by atoms with E-state index in [0.29, 0.717) is 0 Å². The molecule has 1 aliphatic heterocycles. The van der Waals surface area contributed by atoms with E-state index in [4.69, 9.17) is 0 Å². The monoisotopic (exact) mass is 333 g/mol. The van der Waals surface area contributed by atoms with Crippen LogP contribution in [0.1, 0.15) is 0 Å². The zero-order valence-corrected chi connectivity index (χ0v) is 14.2. The van der Waals surface area contributed by atoms with Gasteiger partial charge in [-0.05, 0) is 54.6 Å². The van der Waals surface area contributed by atoms with Crippen LogP contribution in [0.5, 0.6) is 0 Å². The van der Waals surface area contributed by atoms with Gasteiger partial charge in [0.25, 0.3) is 0 Å². The standard InChI is InChI=1S/C24H17N2/c1-3-11-19(12-4-1)25-21-15-7-9-17-23(21)26(20-13-5-2-6-14-20)24-18-10-8-16-22(24)25/h1,3-18H. The predicted molar refractivity (Wildman–Crippen MR) is 108 cm³/mol. The van der Waals surface area contributed by atoms with E-state index in [-0.39, 0.29) is 0 Å². The van der Waals surface area contributed by atoms with Crippen LogP contribution in [0.3, 0.4) is 0 Å². The third-order valence-corrected chi connectivity index (χ3v) is 4.70. The molecule has 1 heterocycles. The van der Waals surface area contributed by atoms with Crippen LogP contribution in [-0.4, -0.2) is 0 Å². The van der Waals surface area contributed by atoms with E-state index in [2.05, 4.69) is 107 Å². The second-order valence-corrected chi connectivity index (χ2v) is 6.24. The molecule has 2 heteroatoms. The van der Waals surface area contributed by atoms with Crippen molar-refractivity contribution in [3.05, 3.63) is 109 Å². The normalized spacial score (nSPS) is 12.5. The molecule has 0 aromatic heterocycles. The van der Waals surface area contributed by atoms with E-state index in [9.17, 15) is 0 Å². The summed E-state index contributed by atoms with van der Waals surface area (Å²) >= 11 is 0. The van der Waals surface area contributed by atoms with E-state index in [1.165, 1.54) is 22.7 Å². The molecule has 123 valence electrons. The van der Waals surface area contributed by atoms with E-state index >= 15 is 0 Å². The van der Waals surface area contributed by atoms with Gasteiger partial charge in [-0.2, -0.15) is 0 Å². The molecule has 0 bridgehead atoms. The Hall–Kier alpha value is -3.52. The van der Waals surface area contributed by atoms with Gasteiger partial charge in [-0.1, -0.05) is 54.6 Å². The zero-order valence-electron chi connectivity index (χ0n) is 14.2. The second-order valence-electron chi connectivity index (χ2n) is 6.24. The lowest BCUT2D eigenvalue weighted by atomic mass is 10.0. The van der Waals surface area contributed by atoms with Gasteiger partial charge in [-0.15, -0.1) is 0 Å². The Balaban J connectivity index is 1.80. The average Bonchev–Trinajstić information content (AvgIpc) is 2.73. The lowest BCUT2D eigenvalue weighted by Gasteiger charge is -2.40. The average molecular weight is 333 g/mol. The predicted octanol–water partition coefficient (Wildman–Crippen LogP) is 6.74. The zero-order chi connectivity index (χ0) is 17.3. The van der Waals surface area contributed by atoms with Crippen molar-refractivity contribution < 1.29 is 0 Å². The highest BCUT2D eigenvalue weighted by Gasteiger charge is 2.29. The number of nitrogens with zero attached hydrogens (tertiary/aromatic N) is 2. The van der Waals surface area contributed by atoms with Crippen LogP contribution in [0.2, 0.25) is 0 Å². The van der Waals surface area contributed by atoms with Gasteiger partial charge in [0.1, 0.15) is 0 Å². The summed E-state index contributed by atoms with van der Waals surface area (Å²) in [6, 6.07) is 38.9. The molecule has 5 rings (SSSR count). The number of anilines is 6. The minimum Gasteiger partial charge on any atom is -0.306 e. The van der Waals surface area contributed by atoms with Crippen molar-refractivity contribution in [3.63, 3.8) is 0 Å². The molecule has 4 aromatic rings. The lowest BCUT2D eigenvalue weighted by molar-refractivity contribution is 1.17. The first-order valence-corrected chi connectivity index (χ1v) is 8.73. The molecule has 0 amide bonds. The lowest BCUT2D eigenvalue weighted by Crippen LogP contribution is -2.23. The molecule has 1 radical (unpaired) electrons. The van der Waals surface area contributed by atoms with E-state index < -0.39 is 0 Å². The minimum atomic E-state index is 1.14. The number of hydrogen-bond donors (Lipinski definition) is 0. The fraction of sp³-hybridized carbons (Fsp3) is 0. The molecular formula is C24H17N2. The first kappa shape index (κ1) is 14.8. The van der Waals surface area contributed by atoms with E-state index in [1.807, 2.05) is 12.1 Å². The Morgan fingerprint density at radius 3 is 1.27 bits per heavy atom. The van der Waals surface area contributed by atoms with Gasteiger partial charge < -0.3 is 9.80 Å². The maximum absolute atomic E-state index is 3.12. The molecule has 0 saturated carbocycles. The van der Waals surface area contributed by atoms with Crippen molar-refractivity contribution in [2.75, 3.05) is 9.80 Å². The van der Waals surface area contributed by atoms with Crippen LogP contribution in [0.15, 0.2) is 103 Å². The molecule has 0 atom stereocenters. The Labute approximate surface area is 153 Å². The highest BCUT2D eigenvalue weighted by atomic mass is 15.3. The molecule has 0 unspecified atom stereocenters. The van der Waals surface area contributed by atoms with Crippen LogP contribution in [-0.2, 0) is 0 Å². The molecule has 0 N–H and O–H groups in total. The van der Waals surface area contributed by atoms with Crippen molar-refractivity contribution in [3.8, 4) is 0 Å². The number of fused-ring (bicyclic) bond motifs is 2. The quantitative estimate of drug-likeness (QED) is 0.353. The Morgan fingerprint density at radius 1 is 0.423 bits per heavy atom. The van der Waals surface area contributed by atoms with E-state index in [1.54, 1.807) is 0 Å². The van der Waals surface area contributed by atoms with Crippen molar-refractivity contribution in [1.82, 2.24) is 0 Å². The van der Waals surface area contributed by atoms with Crippen molar-refractivity contribution in [2.24, 2.45) is 0 Å². The van der Waals surface area contributed by atoms with Crippen LogP contribution >= 0.6 is 0 Å². The second kappa shape index (κ2) is 6.08. The third kappa shape index (κ3) is 2.27. The fourth-order valence-corrected chi connectivity index (χ4v) is 3.60. The van der Waals surface area contributed by atoms with Gasteiger partial charge in [0.15, 0.2) is 0 Å². The minimum absolute atomic E-state index is 1.14. The highest BCUT2D eigenvalue weighted by Crippen LogP contribution is 2.53. The Morgan fingerprint density at radius 2 is 0.808 bits per heavy atom. The number of hydrogen-bond acceptors (Lipinski definition) is 2. The van der Waals surface area contributed by atoms with E-state index in [0.717, 1.165) is 11.4 Å². The van der Waals surface area contributed by atoms with Crippen LogP contribution in [0.4, 0.5) is 34.1 Å². The van der Waals surface area contributed by atoms with Crippen molar-refractivity contribution >= 4 is 34.1 Å². The van der Waals surface area contributed by atoms with Gasteiger partial charge in [0, 0.05) is 11.4 Å². The van der Waals surface area contributed by atoms with Crippen LogP contribution in [0.25, 0.3) is 0 Å². The van der Waals surface area contributed by atoms with Gasteiger partial charge in [0.05, 0.1) is 22.7 Å². The molecule has 2 nitrogen and oxygen atoms in total. The third-order valence-electron chi connectivity index (χ3n) is 4.70. The summed E-state index contributed by atoms with van der Waals surface area (Å²) in [7, 11) is 0. The Bertz CT molecular complexity index is 909. The fourth-order valence-electron chi connectivity index (χ4n) is 3.60. The highest BCUT2D eigenvalue weighted by molar-refractivity contribution is 6.01. The summed E-state index contributed by atoms with van der Waals surface area (Å²) in [5, 5.41) is 0. The van der Waals surface area contributed by atoms with Gasteiger partial charge in [-0.25, -0.2) is 0 Å². The van der Waals surface area contributed by atoms with Crippen LogP contribution < -0.4 is 9.80 Å². The first-order chi connectivity index (χ1) is 12.9. The van der Waals surface area contributed by atoms with Gasteiger partial charge in [0.2, 0.25) is 0 Å². The van der Waals surface area contributed by atoms with Crippen molar-refractivity contribution in [2.45, 2.75) is 0 Å². The largest absolute Gasteiger partial charge is 0.306 e. The summed E-state index contributed by atoms with van der Waals surface area (Å²) in [6.07, 6.45) is 0. The first-order valence-electron chi connectivity index (χ1n) is 8.73. The molecule has 0 spiro atoms. The van der Waals surface area contributed by atoms with Crippen LogP contribution in [0, 0.1) is 6.07 Å². The summed E-state index contributed by atoms with van der Waals surface area (Å²) in [4.78, 5) is 4.65. The van der Waals surface area contributed by atoms with Gasteiger partial charge in [-0.3, -0.25) is 0 Å². The van der Waals surface area contributed by atoms with Crippen molar-refractivity contribution in [1.29, 1.82) is 0 Å². The number of para-hydroxylation sites is 5. The molecule has 1 aliphatic rings. The number of rotatable bonds is 2.